The normalized spacial score (nSPS) is 11.4. The van der Waals surface area contributed by atoms with Gasteiger partial charge < -0.3 is 9.80 Å². The van der Waals surface area contributed by atoms with Crippen LogP contribution in [-0.4, -0.2) is 74.1 Å². The van der Waals surface area contributed by atoms with E-state index in [1.807, 2.05) is 55.6 Å². The molecule has 0 aliphatic carbocycles. The summed E-state index contributed by atoms with van der Waals surface area (Å²) in [6.07, 6.45) is 1.77. The van der Waals surface area contributed by atoms with Crippen molar-refractivity contribution in [3.8, 4) is 11.3 Å². The van der Waals surface area contributed by atoms with E-state index in [4.69, 9.17) is 0 Å². The fraction of sp³-hybridized carbons (Fsp3) is 0.333. The van der Waals surface area contributed by atoms with E-state index in [2.05, 4.69) is 39.3 Å². The summed E-state index contributed by atoms with van der Waals surface area (Å²) in [4.78, 5) is 17.7. The summed E-state index contributed by atoms with van der Waals surface area (Å²) in [5.41, 5.74) is 3.94. The topological polar surface area (TPSA) is 82.9 Å². The van der Waals surface area contributed by atoms with Crippen LogP contribution in [0.5, 0.6) is 0 Å². The zero-order chi connectivity index (χ0) is 22.5. The third kappa shape index (κ3) is 4.55. The zero-order valence-electron chi connectivity index (χ0n) is 18.8. The van der Waals surface area contributed by atoms with Crippen molar-refractivity contribution in [2.24, 2.45) is 0 Å². The van der Waals surface area contributed by atoms with E-state index in [1.165, 1.54) is 0 Å². The standard InChI is InChI=1S/C24H29N7O/c1-4-30(5-2)14-13-29(3)24(32)23-22(19-11-12-21-20(15-19)16-25-26-21)27-28-31(23)17-18-9-7-6-8-10-18/h6-12,15-16H,4-5,13-14,17H2,1-3H3,(H,25,26). The van der Waals surface area contributed by atoms with Gasteiger partial charge in [-0.05, 0) is 30.8 Å². The van der Waals surface area contributed by atoms with Gasteiger partial charge in [0.25, 0.3) is 5.91 Å². The molecule has 1 N–H and O–H groups in total. The number of carbonyl (C=O) groups is 1. The van der Waals surface area contributed by atoms with Crippen LogP contribution in [-0.2, 0) is 6.54 Å². The molecular formula is C24H29N7O. The van der Waals surface area contributed by atoms with Crippen LogP contribution in [0.15, 0.2) is 54.7 Å². The smallest absolute Gasteiger partial charge is 0.274 e. The average molecular weight is 432 g/mol. The molecule has 0 radical (unpaired) electrons. The number of rotatable bonds is 9. The SMILES string of the molecule is CCN(CC)CCN(C)C(=O)c1c(-c2ccc3[nH]ncc3c2)nnn1Cc1ccccc1. The maximum absolute atomic E-state index is 13.6. The summed E-state index contributed by atoms with van der Waals surface area (Å²) in [5, 5.41) is 16.8. The van der Waals surface area contributed by atoms with Crippen LogP contribution in [0.3, 0.4) is 0 Å². The second-order valence-electron chi connectivity index (χ2n) is 7.86. The summed E-state index contributed by atoms with van der Waals surface area (Å²) >= 11 is 0. The van der Waals surface area contributed by atoms with E-state index in [0.717, 1.165) is 41.7 Å². The van der Waals surface area contributed by atoms with E-state index >= 15 is 0 Å². The third-order valence-electron chi connectivity index (χ3n) is 5.82. The summed E-state index contributed by atoms with van der Waals surface area (Å²) in [6.45, 7) is 8.13. The van der Waals surface area contributed by atoms with Gasteiger partial charge in [-0.1, -0.05) is 55.5 Å². The molecule has 0 bridgehead atoms. The van der Waals surface area contributed by atoms with Gasteiger partial charge in [0, 0.05) is 31.1 Å². The molecule has 1 amide bonds. The Morgan fingerprint density at radius 3 is 2.59 bits per heavy atom. The van der Waals surface area contributed by atoms with Crippen LogP contribution in [0.4, 0.5) is 0 Å². The van der Waals surface area contributed by atoms with Crippen molar-refractivity contribution in [3.05, 3.63) is 66.0 Å². The number of carbonyl (C=O) groups excluding carboxylic acids is 1. The Kier molecular flexibility index (Phi) is 6.61. The molecule has 4 rings (SSSR count). The van der Waals surface area contributed by atoms with Crippen LogP contribution in [0.25, 0.3) is 22.2 Å². The molecule has 0 unspecified atom stereocenters. The van der Waals surface area contributed by atoms with Crippen LogP contribution < -0.4 is 0 Å². The van der Waals surface area contributed by atoms with Crippen molar-refractivity contribution in [1.29, 1.82) is 0 Å². The van der Waals surface area contributed by atoms with Crippen LogP contribution >= 0.6 is 0 Å². The second-order valence-corrected chi connectivity index (χ2v) is 7.86. The van der Waals surface area contributed by atoms with Crippen molar-refractivity contribution >= 4 is 16.8 Å². The van der Waals surface area contributed by atoms with Gasteiger partial charge >= 0.3 is 0 Å². The van der Waals surface area contributed by atoms with E-state index in [0.29, 0.717) is 24.5 Å². The van der Waals surface area contributed by atoms with E-state index < -0.39 is 0 Å². The van der Waals surface area contributed by atoms with E-state index in [1.54, 1.807) is 15.8 Å². The van der Waals surface area contributed by atoms with Gasteiger partial charge in [0.05, 0.1) is 18.3 Å². The highest BCUT2D eigenvalue weighted by atomic mass is 16.2. The molecule has 0 aliphatic rings. The lowest BCUT2D eigenvalue weighted by Crippen LogP contribution is -2.37. The first-order valence-electron chi connectivity index (χ1n) is 11.0. The molecule has 0 fully saturated rings. The molecule has 0 atom stereocenters. The maximum atomic E-state index is 13.6. The molecule has 8 heteroatoms. The number of fused-ring (bicyclic) bond motifs is 1. The van der Waals surface area contributed by atoms with Gasteiger partial charge in [0.1, 0.15) is 5.69 Å². The van der Waals surface area contributed by atoms with E-state index in [9.17, 15) is 4.79 Å². The fourth-order valence-corrected chi connectivity index (χ4v) is 3.79. The van der Waals surface area contributed by atoms with Crippen molar-refractivity contribution < 1.29 is 4.79 Å². The molecule has 166 valence electrons. The third-order valence-corrected chi connectivity index (χ3v) is 5.82. The lowest BCUT2D eigenvalue weighted by Gasteiger charge is -2.23. The number of nitrogens with one attached hydrogen (secondary N) is 1. The first-order chi connectivity index (χ1) is 15.6. The Bertz CT molecular complexity index is 1180. The molecule has 0 aliphatic heterocycles. The van der Waals surface area contributed by atoms with Crippen molar-refractivity contribution in [3.63, 3.8) is 0 Å². The number of amides is 1. The Balaban J connectivity index is 1.69. The predicted octanol–water partition coefficient (Wildman–Crippen LogP) is 3.28. The quantitative estimate of drug-likeness (QED) is 0.440. The molecule has 0 saturated heterocycles. The highest BCUT2D eigenvalue weighted by Crippen LogP contribution is 2.26. The Morgan fingerprint density at radius 1 is 1.06 bits per heavy atom. The van der Waals surface area contributed by atoms with Gasteiger partial charge in [-0.25, -0.2) is 4.68 Å². The number of nitrogens with zero attached hydrogens (tertiary/aromatic N) is 6. The van der Waals surface area contributed by atoms with Crippen LogP contribution in [0, 0.1) is 0 Å². The van der Waals surface area contributed by atoms with Gasteiger partial charge in [0.15, 0.2) is 5.69 Å². The first kappa shape index (κ1) is 21.7. The van der Waals surface area contributed by atoms with Crippen molar-refractivity contribution in [2.45, 2.75) is 20.4 Å². The molecule has 2 heterocycles. The largest absolute Gasteiger partial charge is 0.339 e. The molecule has 0 spiro atoms. The number of hydrogen-bond donors (Lipinski definition) is 1. The molecule has 2 aromatic heterocycles. The van der Waals surface area contributed by atoms with Crippen LogP contribution in [0.2, 0.25) is 0 Å². The van der Waals surface area contributed by atoms with Gasteiger partial charge in [-0.3, -0.25) is 9.89 Å². The molecule has 0 saturated carbocycles. The number of benzene rings is 2. The highest BCUT2D eigenvalue weighted by molar-refractivity contribution is 5.99. The number of aromatic amines is 1. The average Bonchev–Trinajstić information content (AvgIpc) is 3.46. The van der Waals surface area contributed by atoms with Crippen LogP contribution in [0.1, 0.15) is 29.9 Å². The fourth-order valence-electron chi connectivity index (χ4n) is 3.79. The predicted molar refractivity (Wildman–Crippen MR) is 125 cm³/mol. The Hall–Kier alpha value is -3.52. The minimum atomic E-state index is -0.0830. The lowest BCUT2D eigenvalue weighted by molar-refractivity contribution is 0.0769. The summed E-state index contributed by atoms with van der Waals surface area (Å²) in [6, 6.07) is 15.9. The van der Waals surface area contributed by atoms with Crippen molar-refractivity contribution in [1.82, 2.24) is 35.0 Å². The van der Waals surface area contributed by atoms with Gasteiger partial charge in [-0.2, -0.15) is 5.10 Å². The minimum absolute atomic E-state index is 0.0830. The van der Waals surface area contributed by atoms with Gasteiger partial charge in [-0.15, -0.1) is 5.10 Å². The first-order valence-corrected chi connectivity index (χ1v) is 11.0. The highest BCUT2D eigenvalue weighted by Gasteiger charge is 2.25. The number of aromatic nitrogens is 5. The lowest BCUT2D eigenvalue weighted by atomic mass is 10.1. The summed E-state index contributed by atoms with van der Waals surface area (Å²) in [7, 11) is 1.84. The molecule has 8 nitrogen and oxygen atoms in total. The zero-order valence-corrected chi connectivity index (χ0v) is 18.8. The number of hydrogen-bond acceptors (Lipinski definition) is 5. The molecule has 2 aromatic carbocycles. The summed E-state index contributed by atoms with van der Waals surface area (Å²) < 4.78 is 1.71. The molecule has 4 aromatic rings. The molecular weight excluding hydrogens is 402 g/mol. The van der Waals surface area contributed by atoms with E-state index in [-0.39, 0.29) is 5.91 Å². The molecule has 32 heavy (non-hydrogen) atoms. The minimum Gasteiger partial charge on any atom is -0.339 e. The summed E-state index contributed by atoms with van der Waals surface area (Å²) in [5.74, 6) is -0.0830. The Morgan fingerprint density at radius 2 is 1.84 bits per heavy atom. The monoisotopic (exact) mass is 431 g/mol. The second kappa shape index (κ2) is 9.74. The van der Waals surface area contributed by atoms with Crippen molar-refractivity contribution in [2.75, 3.05) is 33.2 Å². The van der Waals surface area contributed by atoms with Gasteiger partial charge in [0.2, 0.25) is 0 Å². The Labute approximate surface area is 187 Å². The number of likely N-dealkylation sites (N-methyl/N-ethyl adjacent to an activating group) is 2. The number of H-pyrrole nitrogens is 1. The maximum Gasteiger partial charge on any atom is 0.274 e.